The lowest BCUT2D eigenvalue weighted by molar-refractivity contribution is -0.0695. The lowest BCUT2D eigenvalue weighted by Crippen LogP contribution is -2.47. The van der Waals surface area contributed by atoms with E-state index in [0.29, 0.717) is 0 Å². The van der Waals surface area contributed by atoms with Gasteiger partial charge in [-0.15, -0.1) is 0 Å². The predicted molar refractivity (Wildman–Crippen MR) is 83.7 cm³/mol. The average molecular weight is 393 g/mol. The molecule has 0 aromatic heterocycles. The summed E-state index contributed by atoms with van der Waals surface area (Å²) < 4.78 is 12.8. The van der Waals surface area contributed by atoms with Crippen LogP contribution in [0.2, 0.25) is 0 Å². The normalized spacial score (nSPS) is 17.1. The first-order valence-corrected chi connectivity index (χ1v) is 7.96. The maximum atomic E-state index is 5.59. The zero-order valence-electron chi connectivity index (χ0n) is 11.3. The second kappa shape index (κ2) is 6.57. The van der Waals surface area contributed by atoms with Gasteiger partial charge in [0.1, 0.15) is 5.75 Å². The highest BCUT2D eigenvalue weighted by Crippen LogP contribution is 2.35. The van der Waals surface area contributed by atoms with E-state index in [9.17, 15) is 0 Å². The fourth-order valence-corrected chi connectivity index (χ4v) is 3.97. The Morgan fingerprint density at radius 2 is 1.84 bits per heavy atom. The third kappa shape index (κ3) is 3.51. The lowest BCUT2D eigenvalue weighted by atomic mass is 9.80. The highest BCUT2D eigenvalue weighted by atomic mass is 79.9. The van der Waals surface area contributed by atoms with Crippen LogP contribution in [0.15, 0.2) is 21.1 Å². The smallest absolute Gasteiger partial charge is 0.147 e. The number of hydrogen-bond acceptors (Lipinski definition) is 3. The van der Waals surface area contributed by atoms with Gasteiger partial charge in [-0.1, -0.05) is 0 Å². The summed E-state index contributed by atoms with van der Waals surface area (Å²) >= 11 is 7.04. The summed E-state index contributed by atoms with van der Waals surface area (Å²) in [5, 5.41) is 3.48. The molecule has 1 aromatic carbocycles. The van der Waals surface area contributed by atoms with Crippen LogP contribution in [0.1, 0.15) is 24.8 Å². The number of hydrogen-bond donors (Lipinski definition) is 1. The largest absolute Gasteiger partial charge is 0.494 e. The fourth-order valence-electron chi connectivity index (χ4n) is 2.37. The number of halogens is 2. The van der Waals surface area contributed by atoms with E-state index in [-0.39, 0.29) is 5.60 Å². The van der Waals surface area contributed by atoms with Crippen LogP contribution in [0.4, 0.5) is 0 Å². The lowest BCUT2D eigenvalue weighted by Gasteiger charge is -2.40. The Morgan fingerprint density at radius 1 is 1.21 bits per heavy atom. The van der Waals surface area contributed by atoms with Crippen LogP contribution < -0.4 is 10.1 Å². The van der Waals surface area contributed by atoms with Gasteiger partial charge in [0.25, 0.3) is 0 Å². The van der Waals surface area contributed by atoms with Crippen molar-refractivity contribution in [2.24, 2.45) is 0 Å². The Labute approximate surface area is 131 Å². The summed E-state index contributed by atoms with van der Waals surface area (Å²) in [7, 11) is 3.48. The standard InChI is InChI=1S/C14H19Br2NO2/c1-18-13-11(15)6-10(7-12(13)16)8-17-9-14(19-2)4-3-5-14/h6-7,17H,3-5,8-9H2,1-2H3. The summed E-state index contributed by atoms with van der Waals surface area (Å²) in [5.74, 6) is 0.830. The minimum Gasteiger partial charge on any atom is -0.494 e. The molecular weight excluding hydrogens is 374 g/mol. The topological polar surface area (TPSA) is 30.5 Å². The van der Waals surface area contributed by atoms with Crippen molar-refractivity contribution in [3.05, 3.63) is 26.6 Å². The van der Waals surface area contributed by atoms with E-state index < -0.39 is 0 Å². The van der Waals surface area contributed by atoms with Crippen LogP contribution in [0.25, 0.3) is 0 Å². The van der Waals surface area contributed by atoms with Crippen LogP contribution in [-0.4, -0.2) is 26.4 Å². The summed E-state index contributed by atoms with van der Waals surface area (Å²) in [5.41, 5.74) is 1.28. The monoisotopic (exact) mass is 391 g/mol. The minimum absolute atomic E-state index is 0.0704. The van der Waals surface area contributed by atoms with Gasteiger partial charge in [0.2, 0.25) is 0 Å². The highest BCUT2D eigenvalue weighted by Gasteiger charge is 2.36. The first-order chi connectivity index (χ1) is 9.10. The van der Waals surface area contributed by atoms with Gasteiger partial charge in [0.15, 0.2) is 0 Å². The fraction of sp³-hybridized carbons (Fsp3) is 0.571. The van der Waals surface area contributed by atoms with E-state index in [0.717, 1.165) is 40.6 Å². The molecule has 0 aliphatic heterocycles. The molecule has 1 aromatic rings. The van der Waals surface area contributed by atoms with Gasteiger partial charge in [-0.2, -0.15) is 0 Å². The van der Waals surface area contributed by atoms with E-state index >= 15 is 0 Å². The first kappa shape index (κ1) is 15.3. The minimum atomic E-state index is 0.0704. The van der Waals surface area contributed by atoms with Gasteiger partial charge >= 0.3 is 0 Å². The molecule has 1 saturated carbocycles. The molecule has 0 atom stereocenters. The maximum Gasteiger partial charge on any atom is 0.147 e. The molecule has 0 saturated heterocycles. The SMILES string of the molecule is COc1c(Br)cc(CNCC2(OC)CCC2)cc1Br. The van der Waals surface area contributed by atoms with Crippen molar-refractivity contribution in [3.63, 3.8) is 0 Å². The van der Waals surface area contributed by atoms with Crippen LogP contribution in [0, 0.1) is 0 Å². The Morgan fingerprint density at radius 3 is 2.26 bits per heavy atom. The second-order valence-corrected chi connectivity index (χ2v) is 6.65. The number of benzene rings is 1. The Bertz CT molecular complexity index is 419. The Hall–Kier alpha value is -0.100. The Balaban J connectivity index is 1.93. The van der Waals surface area contributed by atoms with Crippen molar-refractivity contribution in [2.75, 3.05) is 20.8 Å². The zero-order chi connectivity index (χ0) is 13.9. The average Bonchev–Trinajstić information content (AvgIpc) is 2.32. The van der Waals surface area contributed by atoms with Crippen LogP contribution >= 0.6 is 31.9 Å². The van der Waals surface area contributed by atoms with Gasteiger partial charge < -0.3 is 14.8 Å². The van der Waals surface area contributed by atoms with Gasteiger partial charge in [0, 0.05) is 20.2 Å². The molecule has 0 heterocycles. The summed E-state index contributed by atoms with van der Waals surface area (Å²) in [6.07, 6.45) is 3.59. The van der Waals surface area contributed by atoms with E-state index in [1.165, 1.54) is 12.0 Å². The van der Waals surface area contributed by atoms with Crippen LogP contribution in [0.3, 0.4) is 0 Å². The van der Waals surface area contributed by atoms with E-state index in [1.807, 2.05) is 0 Å². The molecule has 1 aliphatic rings. The summed E-state index contributed by atoms with van der Waals surface area (Å²) in [6, 6.07) is 4.16. The molecule has 0 spiro atoms. The molecule has 0 amide bonds. The molecule has 106 valence electrons. The molecule has 3 nitrogen and oxygen atoms in total. The number of nitrogens with one attached hydrogen (secondary N) is 1. The van der Waals surface area contributed by atoms with Gasteiger partial charge in [-0.3, -0.25) is 0 Å². The zero-order valence-corrected chi connectivity index (χ0v) is 14.4. The summed E-state index contributed by atoms with van der Waals surface area (Å²) in [4.78, 5) is 0. The third-order valence-electron chi connectivity index (χ3n) is 3.74. The molecule has 2 rings (SSSR count). The molecule has 1 fully saturated rings. The Kier molecular flexibility index (Phi) is 5.29. The van der Waals surface area contributed by atoms with Crippen molar-refractivity contribution in [1.82, 2.24) is 5.32 Å². The molecule has 1 aliphatic carbocycles. The molecule has 5 heteroatoms. The molecule has 19 heavy (non-hydrogen) atoms. The highest BCUT2D eigenvalue weighted by molar-refractivity contribution is 9.11. The molecule has 0 radical (unpaired) electrons. The number of rotatable bonds is 6. The van der Waals surface area contributed by atoms with Gasteiger partial charge in [-0.25, -0.2) is 0 Å². The number of methoxy groups -OCH3 is 2. The third-order valence-corrected chi connectivity index (χ3v) is 4.91. The van der Waals surface area contributed by atoms with Crippen molar-refractivity contribution < 1.29 is 9.47 Å². The molecule has 1 N–H and O–H groups in total. The predicted octanol–water partition coefficient (Wildman–Crippen LogP) is 3.88. The van der Waals surface area contributed by atoms with Crippen molar-refractivity contribution >= 4 is 31.9 Å². The summed E-state index contributed by atoms with van der Waals surface area (Å²) in [6.45, 7) is 1.73. The molecule has 0 bridgehead atoms. The van der Waals surface area contributed by atoms with Gasteiger partial charge in [-0.05, 0) is 68.8 Å². The van der Waals surface area contributed by atoms with Crippen molar-refractivity contribution in [2.45, 2.75) is 31.4 Å². The quantitative estimate of drug-likeness (QED) is 0.796. The number of ether oxygens (including phenoxy) is 2. The first-order valence-electron chi connectivity index (χ1n) is 6.38. The van der Waals surface area contributed by atoms with Crippen LogP contribution in [-0.2, 0) is 11.3 Å². The molecule has 0 unspecified atom stereocenters. The van der Waals surface area contributed by atoms with E-state index in [4.69, 9.17) is 9.47 Å². The maximum absolute atomic E-state index is 5.59. The molecular formula is C14H19Br2NO2. The van der Waals surface area contributed by atoms with Crippen LogP contribution in [0.5, 0.6) is 5.75 Å². The van der Waals surface area contributed by atoms with Crippen molar-refractivity contribution in [3.8, 4) is 5.75 Å². The van der Waals surface area contributed by atoms with Gasteiger partial charge in [0.05, 0.1) is 21.7 Å². The van der Waals surface area contributed by atoms with E-state index in [2.05, 4.69) is 49.3 Å². The second-order valence-electron chi connectivity index (χ2n) is 4.94. The van der Waals surface area contributed by atoms with E-state index in [1.54, 1.807) is 14.2 Å². The van der Waals surface area contributed by atoms with Crippen molar-refractivity contribution in [1.29, 1.82) is 0 Å².